The Bertz CT molecular complexity index is 574. The van der Waals surface area contributed by atoms with E-state index in [1.54, 1.807) is 24.7 Å². The van der Waals surface area contributed by atoms with E-state index in [1.807, 2.05) is 24.1 Å². The van der Waals surface area contributed by atoms with Crippen molar-refractivity contribution in [3.8, 4) is 6.07 Å². The summed E-state index contributed by atoms with van der Waals surface area (Å²) in [4.78, 5) is 10.2. The number of nitrogens with two attached hydrogens (primary N) is 1. The van der Waals surface area contributed by atoms with Crippen molar-refractivity contribution in [2.75, 3.05) is 17.7 Å². The number of nitrogens with zero attached hydrogens (tertiary/aromatic N) is 4. The fourth-order valence-electron chi connectivity index (χ4n) is 1.70. The van der Waals surface area contributed by atoms with Crippen LogP contribution in [0.4, 0.5) is 11.5 Å². The molecule has 2 aromatic heterocycles. The third-order valence-electron chi connectivity index (χ3n) is 2.59. The Kier molecular flexibility index (Phi) is 3.39. The molecule has 5 heteroatoms. The van der Waals surface area contributed by atoms with E-state index in [0.29, 0.717) is 23.6 Å². The zero-order valence-electron chi connectivity index (χ0n) is 10.0. The molecule has 0 radical (unpaired) electrons. The molecule has 0 aliphatic heterocycles. The van der Waals surface area contributed by atoms with Gasteiger partial charge in [0.1, 0.15) is 6.07 Å². The first kappa shape index (κ1) is 11.9. The van der Waals surface area contributed by atoms with Crippen molar-refractivity contribution >= 4 is 11.5 Å². The van der Waals surface area contributed by atoms with Crippen molar-refractivity contribution < 1.29 is 0 Å². The van der Waals surface area contributed by atoms with Gasteiger partial charge in [0.15, 0.2) is 5.82 Å². The molecule has 2 heterocycles. The SMILES string of the molecule is CN(Cc1cccnc1)c1nccc(C#N)c1N. The highest BCUT2D eigenvalue weighted by molar-refractivity contribution is 5.69. The van der Waals surface area contributed by atoms with Gasteiger partial charge in [0.2, 0.25) is 0 Å². The van der Waals surface area contributed by atoms with Crippen LogP contribution in [0.1, 0.15) is 11.1 Å². The normalized spacial score (nSPS) is 9.78. The molecule has 0 atom stereocenters. The van der Waals surface area contributed by atoms with E-state index in [-0.39, 0.29) is 0 Å². The van der Waals surface area contributed by atoms with Crippen LogP contribution in [-0.2, 0) is 6.54 Å². The summed E-state index contributed by atoms with van der Waals surface area (Å²) in [7, 11) is 1.88. The summed E-state index contributed by atoms with van der Waals surface area (Å²) < 4.78 is 0. The lowest BCUT2D eigenvalue weighted by atomic mass is 10.2. The maximum Gasteiger partial charge on any atom is 0.153 e. The molecule has 18 heavy (non-hydrogen) atoms. The number of aromatic nitrogens is 2. The van der Waals surface area contributed by atoms with Crippen molar-refractivity contribution in [1.29, 1.82) is 5.26 Å². The Hall–Kier alpha value is -2.61. The van der Waals surface area contributed by atoms with Gasteiger partial charge < -0.3 is 10.6 Å². The van der Waals surface area contributed by atoms with Crippen LogP contribution in [0.15, 0.2) is 36.8 Å². The summed E-state index contributed by atoms with van der Waals surface area (Å²) in [5, 5.41) is 8.93. The van der Waals surface area contributed by atoms with Gasteiger partial charge in [-0.3, -0.25) is 4.98 Å². The first-order valence-electron chi connectivity index (χ1n) is 5.47. The maximum atomic E-state index is 8.93. The first-order chi connectivity index (χ1) is 8.72. The predicted octanol–water partition coefficient (Wildman–Crippen LogP) is 1.57. The topological polar surface area (TPSA) is 78.8 Å². The largest absolute Gasteiger partial charge is 0.395 e. The second-order valence-corrected chi connectivity index (χ2v) is 3.92. The molecule has 0 unspecified atom stereocenters. The molecule has 90 valence electrons. The second kappa shape index (κ2) is 5.15. The molecule has 0 bridgehead atoms. The number of nitrogen functional groups attached to an aromatic ring is 1. The molecule has 2 rings (SSSR count). The number of hydrogen-bond acceptors (Lipinski definition) is 5. The van der Waals surface area contributed by atoms with Gasteiger partial charge in [-0.25, -0.2) is 4.98 Å². The molecular weight excluding hydrogens is 226 g/mol. The summed E-state index contributed by atoms with van der Waals surface area (Å²) in [6.45, 7) is 0.639. The first-order valence-corrected chi connectivity index (χ1v) is 5.47. The lowest BCUT2D eigenvalue weighted by Crippen LogP contribution is -2.19. The van der Waals surface area contributed by atoms with Gasteiger partial charge in [0, 0.05) is 32.2 Å². The third kappa shape index (κ3) is 2.38. The van der Waals surface area contributed by atoms with Crippen LogP contribution in [0.2, 0.25) is 0 Å². The summed E-state index contributed by atoms with van der Waals surface area (Å²) >= 11 is 0. The zero-order valence-corrected chi connectivity index (χ0v) is 10.0. The van der Waals surface area contributed by atoms with E-state index in [2.05, 4.69) is 16.0 Å². The standard InChI is InChI=1S/C13H13N5/c1-18(9-10-3-2-5-16-8-10)13-12(15)11(7-14)4-6-17-13/h2-6,8H,9,15H2,1H3. The van der Waals surface area contributed by atoms with E-state index in [9.17, 15) is 0 Å². The Morgan fingerprint density at radius 3 is 2.89 bits per heavy atom. The van der Waals surface area contributed by atoms with Crippen molar-refractivity contribution in [1.82, 2.24) is 9.97 Å². The quantitative estimate of drug-likeness (QED) is 0.879. The van der Waals surface area contributed by atoms with Gasteiger partial charge in [-0.1, -0.05) is 6.07 Å². The summed E-state index contributed by atoms with van der Waals surface area (Å²) in [6.07, 6.45) is 5.11. The van der Waals surface area contributed by atoms with Crippen LogP contribution in [0.5, 0.6) is 0 Å². The monoisotopic (exact) mass is 239 g/mol. The minimum absolute atomic E-state index is 0.409. The van der Waals surface area contributed by atoms with Gasteiger partial charge >= 0.3 is 0 Å². The molecule has 0 saturated carbocycles. The van der Waals surface area contributed by atoms with Crippen molar-refractivity contribution in [3.05, 3.63) is 47.9 Å². The third-order valence-corrected chi connectivity index (χ3v) is 2.59. The summed E-state index contributed by atoms with van der Waals surface area (Å²) in [5.41, 5.74) is 7.82. The predicted molar refractivity (Wildman–Crippen MR) is 69.7 cm³/mol. The number of pyridine rings is 2. The van der Waals surface area contributed by atoms with E-state index in [4.69, 9.17) is 11.0 Å². The smallest absolute Gasteiger partial charge is 0.153 e. The minimum Gasteiger partial charge on any atom is -0.395 e. The molecule has 0 amide bonds. The van der Waals surface area contributed by atoms with Crippen molar-refractivity contribution in [2.45, 2.75) is 6.54 Å². The zero-order chi connectivity index (χ0) is 13.0. The highest BCUT2D eigenvalue weighted by Gasteiger charge is 2.10. The van der Waals surface area contributed by atoms with Gasteiger partial charge in [-0.2, -0.15) is 5.26 Å². The van der Waals surface area contributed by atoms with Crippen molar-refractivity contribution in [2.24, 2.45) is 0 Å². The second-order valence-electron chi connectivity index (χ2n) is 3.92. The Balaban J connectivity index is 2.25. The van der Waals surface area contributed by atoms with E-state index < -0.39 is 0 Å². The molecule has 2 N–H and O–H groups in total. The van der Waals surface area contributed by atoms with Crippen molar-refractivity contribution in [3.63, 3.8) is 0 Å². The van der Waals surface area contributed by atoms with Crippen LogP contribution < -0.4 is 10.6 Å². The lowest BCUT2D eigenvalue weighted by molar-refractivity contribution is 0.893. The van der Waals surface area contributed by atoms with Crippen LogP contribution in [0.3, 0.4) is 0 Å². The average molecular weight is 239 g/mol. The summed E-state index contributed by atoms with van der Waals surface area (Å²) in [5.74, 6) is 0.609. The number of nitriles is 1. The van der Waals surface area contributed by atoms with Gasteiger partial charge in [-0.15, -0.1) is 0 Å². The molecule has 0 spiro atoms. The minimum atomic E-state index is 0.409. The van der Waals surface area contributed by atoms with Crippen LogP contribution in [0, 0.1) is 11.3 Å². The fraction of sp³-hybridized carbons (Fsp3) is 0.154. The molecule has 0 aliphatic rings. The number of anilines is 2. The summed E-state index contributed by atoms with van der Waals surface area (Å²) in [6, 6.07) is 7.52. The van der Waals surface area contributed by atoms with Crippen LogP contribution in [0.25, 0.3) is 0 Å². The van der Waals surface area contributed by atoms with Gasteiger partial charge in [0.25, 0.3) is 0 Å². The molecule has 0 fully saturated rings. The molecule has 2 aromatic rings. The molecule has 5 nitrogen and oxygen atoms in total. The van der Waals surface area contributed by atoms with E-state index >= 15 is 0 Å². The fourth-order valence-corrected chi connectivity index (χ4v) is 1.70. The molecular formula is C13H13N5. The van der Waals surface area contributed by atoms with Crippen LogP contribution in [-0.4, -0.2) is 17.0 Å². The lowest BCUT2D eigenvalue weighted by Gasteiger charge is -2.19. The highest BCUT2D eigenvalue weighted by atomic mass is 15.2. The Morgan fingerprint density at radius 2 is 2.22 bits per heavy atom. The average Bonchev–Trinajstić information content (AvgIpc) is 2.40. The Morgan fingerprint density at radius 1 is 1.39 bits per heavy atom. The number of rotatable bonds is 3. The van der Waals surface area contributed by atoms with Gasteiger partial charge in [0.05, 0.1) is 11.3 Å². The number of hydrogen-bond donors (Lipinski definition) is 1. The molecule has 0 aromatic carbocycles. The molecule has 0 saturated heterocycles. The van der Waals surface area contributed by atoms with E-state index in [0.717, 1.165) is 5.56 Å². The van der Waals surface area contributed by atoms with Gasteiger partial charge in [-0.05, 0) is 17.7 Å². The van der Waals surface area contributed by atoms with E-state index in [1.165, 1.54) is 0 Å². The Labute approximate surface area is 106 Å². The van der Waals surface area contributed by atoms with Crippen LogP contribution >= 0.6 is 0 Å². The maximum absolute atomic E-state index is 8.93. The molecule has 0 aliphatic carbocycles. The highest BCUT2D eigenvalue weighted by Crippen LogP contribution is 2.23.